The molecule has 4 aromatic rings. The van der Waals surface area contributed by atoms with E-state index < -0.39 is 0 Å². The Kier molecular flexibility index (Phi) is 3.95. The van der Waals surface area contributed by atoms with Gasteiger partial charge >= 0.3 is 0 Å². The van der Waals surface area contributed by atoms with E-state index in [0.29, 0.717) is 0 Å². The Morgan fingerprint density at radius 3 is 2.76 bits per heavy atom. The number of amides is 1. The van der Waals surface area contributed by atoms with Crippen molar-refractivity contribution >= 4 is 33.1 Å². The standard InChI is InChI=1S/C19H14N4OS/c1-12-10-13(22-18(24)16-11-20-8-9-21-16)6-7-14(12)19-23-15-4-2-3-5-17(15)25-19/h2-11H,1H3,(H,22,24). The highest BCUT2D eigenvalue weighted by Crippen LogP contribution is 2.32. The number of rotatable bonds is 3. The fraction of sp³-hybridized carbons (Fsp3) is 0.0526. The van der Waals surface area contributed by atoms with E-state index in [-0.39, 0.29) is 11.6 Å². The van der Waals surface area contributed by atoms with E-state index in [1.54, 1.807) is 11.3 Å². The molecule has 6 heteroatoms. The van der Waals surface area contributed by atoms with Gasteiger partial charge in [0.1, 0.15) is 10.7 Å². The van der Waals surface area contributed by atoms with Gasteiger partial charge in [-0.3, -0.25) is 9.78 Å². The molecule has 0 fully saturated rings. The largest absolute Gasteiger partial charge is 0.321 e. The molecule has 1 amide bonds. The molecule has 5 nitrogen and oxygen atoms in total. The topological polar surface area (TPSA) is 67.8 Å². The normalized spacial score (nSPS) is 10.8. The van der Waals surface area contributed by atoms with Gasteiger partial charge in [0.2, 0.25) is 0 Å². The minimum Gasteiger partial charge on any atom is -0.321 e. The third kappa shape index (κ3) is 3.12. The van der Waals surface area contributed by atoms with Crippen molar-refractivity contribution in [1.29, 1.82) is 0 Å². The molecule has 0 saturated carbocycles. The number of para-hydroxylation sites is 1. The number of carbonyl (C=O) groups excluding carboxylic acids is 1. The van der Waals surface area contributed by atoms with Crippen molar-refractivity contribution in [2.45, 2.75) is 6.92 Å². The maximum Gasteiger partial charge on any atom is 0.275 e. The maximum absolute atomic E-state index is 12.2. The van der Waals surface area contributed by atoms with Gasteiger partial charge in [-0.1, -0.05) is 12.1 Å². The lowest BCUT2D eigenvalue weighted by Crippen LogP contribution is -2.13. The molecule has 0 bridgehead atoms. The maximum atomic E-state index is 12.2. The first kappa shape index (κ1) is 15.4. The average molecular weight is 346 g/mol. The lowest BCUT2D eigenvalue weighted by Gasteiger charge is -2.08. The molecule has 0 atom stereocenters. The molecule has 0 aliphatic rings. The first-order chi connectivity index (χ1) is 12.2. The van der Waals surface area contributed by atoms with E-state index in [0.717, 1.165) is 32.0 Å². The highest BCUT2D eigenvalue weighted by atomic mass is 32.1. The lowest BCUT2D eigenvalue weighted by molar-refractivity contribution is 0.102. The van der Waals surface area contributed by atoms with E-state index in [9.17, 15) is 4.79 Å². The summed E-state index contributed by atoms with van der Waals surface area (Å²) in [6, 6.07) is 13.9. The quantitative estimate of drug-likeness (QED) is 0.600. The third-order valence-corrected chi connectivity index (χ3v) is 4.87. The van der Waals surface area contributed by atoms with Crippen LogP contribution in [0, 0.1) is 6.92 Å². The van der Waals surface area contributed by atoms with E-state index in [1.165, 1.54) is 18.6 Å². The number of carbonyl (C=O) groups is 1. The van der Waals surface area contributed by atoms with Gasteiger partial charge in [0.05, 0.1) is 16.4 Å². The lowest BCUT2D eigenvalue weighted by atomic mass is 10.1. The summed E-state index contributed by atoms with van der Waals surface area (Å²) in [6.45, 7) is 2.01. The molecule has 2 aromatic heterocycles. The van der Waals surface area contributed by atoms with Crippen LogP contribution in [0.5, 0.6) is 0 Å². The third-order valence-electron chi connectivity index (χ3n) is 3.80. The van der Waals surface area contributed by atoms with Crippen molar-refractivity contribution in [2.24, 2.45) is 0 Å². The second kappa shape index (κ2) is 6.41. The number of fused-ring (bicyclic) bond motifs is 1. The number of hydrogen-bond acceptors (Lipinski definition) is 5. The number of nitrogens with one attached hydrogen (secondary N) is 1. The number of aromatic nitrogens is 3. The summed E-state index contributed by atoms with van der Waals surface area (Å²) in [5.74, 6) is -0.278. The number of hydrogen-bond donors (Lipinski definition) is 1. The average Bonchev–Trinajstić information content (AvgIpc) is 3.06. The minimum absolute atomic E-state index is 0.278. The Labute approximate surface area is 148 Å². The Bertz CT molecular complexity index is 1030. The predicted octanol–water partition coefficient (Wildman–Crippen LogP) is 4.31. The van der Waals surface area contributed by atoms with Crippen LogP contribution in [0.3, 0.4) is 0 Å². The van der Waals surface area contributed by atoms with Crippen LogP contribution in [0.25, 0.3) is 20.8 Å². The zero-order chi connectivity index (χ0) is 17.2. The summed E-state index contributed by atoms with van der Waals surface area (Å²) in [4.78, 5) is 24.8. The smallest absolute Gasteiger partial charge is 0.275 e. The van der Waals surface area contributed by atoms with E-state index >= 15 is 0 Å². The van der Waals surface area contributed by atoms with Gasteiger partial charge < -0.3 is 5.32 Å². The van der Waals surface area contributed by atoms with Crippen LogP contribution in [0.1, 0.15) is 16.1 Å². The minimum atomic E-state index is -0.278. The molecular weight excluding hydrogens is 332 g/mol. The second-order valence-electron chi connectivity index (χ2n) is 5.56. The molecule has 0 saturated heterocycles. The fourth-order valence-corrected chi connectivity index (χ4v) is 3.64. The zero-order valence-electron chi connectivity index (χ0n) is 13.4. The van der Waals surface area contributed by atoms with E-state index in [1.807, 2.05) is 43.3 Å². The van der Waals surface area contributed by atoms with Gasteiger partial charge in [-0.05, 0) is 42.8 Å². The molecule has 0 radical (unpaired) electrons. The number of aryl methyl sites for hydroxylation is 1. The van der Waals surface area contributed by atoms with Crippen LogP contribution in [-0.2, 0) is 0 Å². The van der Waals surface area contributed by atoms with Gasteiger partial charge in [0.25, 0.3) is 5.91 Å². The predicted molar refractivity (Wildman–Crippen MR) is 99.8 cm³/mol. The number of thiazole rings is 1. The molecule has 0 aliphatic carbocycles. The van der Waals surface area contributed by atoms with Gasteiger partial charge in [-0.15, -0.1) is 11.3 Å². The molecule has 25 heavy (non-hydrogen) atoms. The molecule has 2 aromatic carbocycles. The van der Waals surface area contributed by atoms with E-state index in [2.05, 4.69) is 21.4 Å². The van der Waals surface area contributed by atoms with Gasteiger partial charge in [0.15, 0.2) is 0 Å². The van der Waals surface area contributed by atoms with Crippen molar-refractivity contribution in [3.05, 3.63) is 72.3 Å². The van der Waals surface area contributed by atoms with Crippen LogP contribution >= 0.6 is 11.3 Å². The summed E-state index contributed by atoms with van der Waals surface area (Å²) < 4.78 is 1.16. The molecule has 0 unspecified atom stereocenters. The van der Waals surface area contributed by atoms with Crippen molar-refractivity contribution < 1.29 is 4.79 Å². The van der Waals surface area contributed by atoms with Gasteiger partial charge in [-0.2, -0.15) is 0 Å². The van der Waals surface area contributed by atoms with Crippen LogP contribution in [-0.4, -0.2) is 20.9 Å². The Balaban J connectivity index is 1.61. The van der Waals surface area contributed by atoms with Crippen LogP contribution < -0.4 is 5.32 Å². The van der Waals surface area contributed by atoms with Crippen molar-refractivity contribution in [3.8, 4) is 10.6 Å². The molecule has 122 valence electrons. The number of nitrogens with zero attached hydrogens (tertiary/aromatic N) is 3. The Morgan fingerprint density at radius 2 is 2.00 bits per heavy atom. The molecule has 1 N–H and O–H groups in total. The fourth-order valence-electron chi connectivity index (χ4n) is 2.58. The number of benzene rings is 2. The molecule has 2 heterocycles. The number of anilines is 1. The van der Waals surface area contributed by atoms with Gasteiger partial charge in [0, 0.05) is 23.6 Å². The summed E-state index contributed by atoms with van der Waals surface area (Å²) in [5.41, 5.74) is 4.13. The summed E-state index contributed by atoms with van der Waals surface area (Å²) >= 11 is 1.66. The molecule has 0 spiro atoms. The zero-order valence-corrected chi connectivity index (χ0v) is 14.2. The van der Waals surface area contributed by atoms with Crippen molar-refractivity contribution in [2.75, 3.05) is 5.32 Å². The highest BCUT2D eigenvalue weighted by molar-refractivity contribution is 7.21. The Hall–Kier alpha value is -3.12. The SMILES string of the molecule is Cc1cc(NC(=O)c2cnccn2)ccc1-c1nc2ccccc2s1. The van der Waals surface area contributed by atoms with Crippen LogP contribution in [0.15, 0.2) is 61.1 Å². The summed E-state index contributed by atoms with van der Waals surface area (Å²) in [5, 5.41) is 3.82. The Morgan fingerprint density at radius 1 is 1.12 bits per heavy atom. The first-order valence-corrected chi connectivity index (χ1v) is 8.56. The molecule has 4 rings (SSSR count). The summed E-state index contributed by atoms with van der Waals surface area (Å²) in [6.07, 6.45) is 4.47. The molecular formula is C19H14N4OS. The first-order valence-electron chi connectivity index (χ1n) is 7.75. The van der Waals surface area contributed by atoms with Crippen LogP contribution in [0.2, 0.25) is 0 Å². The summed E-state index contributed by atoms with van der Waals surface area (Å²) in [7, 11) is 0. The van der Waals surface area contributed by atoms with Crippen LogP contribution in [0.4, 0.5) is 5.69 Å². The molecule has 0 aliphatic heterocycles. The highest BCUT2D eigenvalue weighted by Gasteiger charge is 2.11. The monoisotopic (exact) mass is 346 g/mol. The second-order valence-corrected chi connectivity index (χ2v) is 6.59. The van der Waals surface area contributed by atoms with E-state index in [4.69, 9.17) is 4.98 Å². The van der Waals surface area contributed by atoms with Crippen molar-refractivity contribution in [1.82, 2.24) is 15.0 Å². The van der Waals surface area contributed by atoms with Crippen molar-refractivity contribution in [3.63, 3.8) is 0 Å². The van der Waals surface area contributed by atoms with Gasteiger partial charge in [-0.25, -0.2) is 9.97 Å².